The molecule has 2 bridgehead atoms. The smallest absolute Gasteiger partial charge is 0.311 e. The molecule has 3 heterocycles. The summed E-state index contributed by atoms with van der Waals surface area (Å²) >= 11 is 0. The molecular formula is C47H73NO17. The number of carbonyl (C=O) groups is 2. The molecule has 0 aromatic rings. The number of hydrogen-bond acceptors (Lipinski definition) is 17. The van der Waals surface area contributed by atoms with Gasteiger partial charge in [-0.15, -0.1) is 0 Å². The summed E-state index contributed by atoms with van der Waals surface area (Å²) in [6.45, 7) is 6.74. The molecule has 0 aliphatic carbocycles. The molecule has 4 unspecified atom stereocenters. The number of esters is 1. The summed E-state index contributed by atoms with van der Waals surface area (Å²) in [5, 5.41) is 118. The van der Waals surface area contributed by atoms with Gasteiger partial charge in [0.05, 0.1) is 79.6 Å². The van der Waals surface area contributed by atoms with E-state index < -0.39 is 147 Å². The molecule has 18 heteroatoms. The van der Waals surface area contributed by atoms with Gasteiger partial charge in [-0.05, 0) is 33.1 Å². The van der Waals surface area contributed by atoms with Gasteiger partial charge < -0.3 is 80.9 Å². The van der Waals surface area contributed by atoms with Crippen LogP contribution in [-0.4, -0.2) is 166 Å². The van der Waals surface area contributed by atoms with Crippen LogP contribution in [0.2, 0.25) is 0 Å². The highest BCUT2D eigenvalue weighted by Gasteiger charge is 2.51. The van der Waals surface area contributed by atoms with E-state index in [1.54, 1.807) is 80.7 Å². The third kappa shape index (κ3) is 18.6. The first kappa shape index (κ1) is 55.9. The number of aliphatic hydroxyl groups excluding tert-OH is 9. The van der Waals surface area contributed by atoms with Gasteiger partial charge in [-0.3, -0.25) is 9.59 Å². The molecule has 0 radical (unpaired) electrons. The fourth-order valence-electron chi connectivity index (χ4n) is 7.97. The molecule has 2 saturated heterocycles. The van der Waals surface area contributed by atoms with E-state index in [0.717, 1.165) is 0 Å². The minimum absolute atomic E-state index is 0.107. The Morgan fingerprint density at radius 2 is 1.23 bits per heavy atom. The number of hydrogen-bond donors (Lipinski definition) is 12. The minimum Gasteiger partial charge on any atom is -0.481 e. The van der Waals surface area contributed by atoms with Crippen LogP contribution in [0.15, 0.2) is 85.1 Å². The summed E-state index contributed by atoms with van der Waals surface area (Å²) in [5.74, 6) is -6.83. The lowest BCUT2D eigenvalue weighted by atomic mass is 9.82. The second-order valence-electron chi connectivity index (χ2n) is 17.6. The third-order valence-corrected chi connectivity index (χ3v) is 12.0. The van der Waals surface area contributed by atoms with E-state index in [4.69, 9.17) is 24.7 Å². The molecule has 3 aliphatic rings. The van der Waals surface area contributed by atoms with Crippen molar-refractivity contribution >= 4 is 11.9 Å². The fraction of sp³-hybridized carbons (Fsp3) is 0.660. The Morgan fingerprint density at radius 1 is 0.662 bits per heavy atom. The van der Waals surface area contributed by atoms with E-state index >= 15 is 0 Å². The molecule has 3 rings (SSSR count). The lowest BCUT2D eigenvalue weighted by molar-refractivity contribution is -0.308. The van der Waals surface area contributed by atoms with Crippen LogP contribution < -0.4 is 5.73 Å². The van der Waals surface area contributed by atoms with Gasteiger partial charge in [0, 0.05) is 37.5 Å². The maximum Gasteiger partial charge on any atom is 0.311 e. The Labute approximate surface area is 381 Å². The van der Waals surface area contributed by atoms with Crippen molar-refractivity contribution in [2.45, 2.75) is 177 Å². The molecule has 3 aliphatic heterocycles. The average Bonchev–Trinajstić information content (AvgIpc) is 3.21. The topological polar surface area (TPSA) is 320 Å². The van der Waals surface area contributed by atoms with Crippen LogP contribution in [0.25, 0.3) is 0 Å². The normalized spacial score (nSPS) is 45.5. The fourth-order valence-corrected chi connectivity index (χ4v) is 7.97. The Balaban J connectivity index is 1.86. The molecule has 65 heavy (non-hydrogen) atoms. The number of cyclic esters (lactones) is 1. The summed E-state index contributed by atoms with van der Waals surface area (Å²) in [4.78, 5) is 25.1. The second kappa shape index (κ2) is 27.4. The Bertz CT molecular complexity index is 1670. The highest BCUT2D eigenvalue weighted by atomic mass is 16.7. The maximum atomic E-state index is 12.6. The number of fused-ring (bicyclic) bond motifs is 2. The maximum absolute atomic E-state index is 12.6. The number of carboxylic acid groups (broad SMARTS) is 1. The SMILES string of the molecule is CC1[C@H](C)OC(=O)C[C@H](O)C[C@H](O)CC[C@@H](O)[C@H](O)C[C@H](O)C[C@]2(O)C[C@H](O)C(C(=O)O)C(C[C@@H](OC3O[C@H](C)[C@@H](O)[C@H](N)[C@@H]3O)/C=C/C=C/C=C/C=C/C=C/C=C/C=C/[C@H](C)[C@H]1O)O2. The van der Waals surface area contributed by atoms with Gasteiger partial charge >= 0.3 is 11.9 Å². The number of allylic oxidation sites excluding steroid dienone is 12. The molecule has 0 amide bonds. The predicted molar refractivity (Wildman–Crippen MR) is 237 cm³/mol. The number of aliphatic hydroxyl groups is 10. The molecule has 0 aromatic carbocycles. The van der Waals surface area contributed by atoms with Crippen molar-refractivity contribution < 1.29 is 84.7 Å². The number of aliphatic carboxylic acids is 1. The number of nitrogens with two attached hydrogens (primary N) is 1. The Morgan fingerprint density at radius 3 is 1.82 bits per heavy atom. The highest BCUT2D eigenvalue weighted by molar-refractivity contribution is 5.71. The average molecular weight is 924 g/mol. The summed E-state index contributed by atoms with van der Waals surface area (Å²) in [7, 11) is 0. The first-order valence-electron chi connectivity index (χ1n) is 22.3. The summed E-state index contributed by atoms with van der Waals surface area (Å²) in [6, 6.07) is -1.15. The molecule has 368 valence electrons. The summed E-state index contributed by atoms with van der Waals surface area (Å²) in [5.41, 5.74) is 6.02. The van der Waals surface area contributed by atoms with Gasteiger partial charge in [-0.1, -0.05) is 98.9 Å². The Kier molecular flexibility index (Phi) is 23.6. The van der Waals surface area contributed by atoms with Crippen molar-refractivity contribution in [1.29, 1.82) is 0 Å². The second-order valence-corrected chi connectivity index (χ2v) is 17.6. The molecule has 13 N–H and O–H groups in total. The number of ether oxygens (including phenoxy) is 4. The van der Waals surface area contributed by atoms with Gasteiger partial charge in [0.2, 0.25) is 0 Å². The molecule has 0 spiro atoms. The van der Waals surface area contributed by atoms with E-state index in [1.165, 1.54) is 13.0 Å². The number of carboxylic acids is 1. The first-order chi connectivity index (χ1) is 30.6. The molecule has 0 saturated carbocycles. The predicted octanol–water partition coefficient (Wildman–Crippen LogP) is 0.712. The van der Waals surface area contributed by atoms with Gasteiger partial charge in [-0.2, -0.15) is 0 Å². The van der Waals surface area contributed by atoms with E-state index in [9.17, 15) is 65.8 Å². The van der Waals surface area contributed by atoms with Gasteiger partial charge in [0.15, 0.2) is 12.1 Å². The zero-order chi connectivity index (χ0) is 48.4. The molecule has 2 fully saturated rings. The standard InChI is InChI=1S/C47H73NO17/c1-27-17-15-13-11-9-7-5-6-8-10-12-14-16-18-34(64-46-44(58)41(48)43(57)30(4)63-46)24-38-40(45(59)60)37(54)26-47(61,65-38)25-33(51)22-36(53)35(52)20-19-31(49)21-32(50)23-39(55)62-29(3)28(2)42(27)56/h5-18,27-38,40-44,46,49-54,56-58,61H,19-26,48H2,1-4H3,(H,59,60)/b6-5+,9-7+,10-8+,13-11+,14-12+,17-15+,18-16+/t27-,28?,29-,30+,31+,32+,33-,34-,35+,36+,37-,38?,40?,41-,42+,43+,44-,46?,47+/m0/s1. The number of rotatable bonds is 3. The van der Waals surface area contributed by atoms with E-state index in [0.29, 0.717) is 0 Å². The van der Waals surface area contributed by atoms with Gasteiger partial charge in [0.25, 0.3) is 0 Å². The van der Waals surface area contributed by atoms with Crippen LogP contribution >= 0.6 is 0 Å². The van der Waals surface area contributed by atoms with Crippen LogP contribution in [0.1, 0.15) is 79.1 Å². The van der Waals surface area contributed by atoms with Crippen LogP contribution in [0.4, 0.5) is 0 Å². The summed E-state index contributed by atoms with van der Waals surface area (Å²) < 4.78 is 23.1. The van der Waals surface area contributed by atoms with Crippen molar-refractivity contribution in [3.63, 3.8) is 0 Å². The van der Waals surface area contributed by atoms with Crippen molar-refractivity contribution in [1.82, 2.24) is 0 Å². The third-order valence-electron chi connectivity index (χ3n) is 12.0. The first-order valence-corrected chi connectivity index (χ1v) is 22.3. The molecule has 0 aromatic heterocycles. The minimum atomic E-state index is -2.33. The van der Waals surface area contributed by atoms with Crippen LogP contribution in [-0.2, 0) is 28.5 Å². The molecule has 18 nitrogen and oxygen atoms in total. The van der Waals surface area contributed by atoms with Crippen molar-refractivity contribution in [3.8, 4) is 0 Å². The van der Waals surface area contributed by atoms with Crippen LogP contribution in [0.5, 0.6) is 0 Å². The lowest BCUT2D eigenvalue weighted by Crippen LogP contribution is -2.61. The zero-order valence-corrected chi connectivity index (χ0v) is 37.6. The van der Waals surface area contributed by atoms with Gasteiger partial charge in [-0.25, -0.2) is 0 Å². The molecule has 19 atom stereocenters. The largest absolute Gasteiger partial charge is 0.481 e. The van der Waals surface area contributed by atoms with E-state index in [2.05, 4.69) is 0 Å². The monoisotopic (exact) mass is 923 g/mol. The van der Waals surface area contributed by atoms with Crippen molar-refractivity contribution in [2.24, 2.45) is 23.5 Å². The molecular weight excluding hydrogens is 851 g/mol. The van der Waals surface area contributed by atoms with Gasteiger partial charge in [0.1, 0.15) is 18.1 Å². The van der Waals surface area contributed by atoms with E-state index in [-0.39, 0.29) is 31.6 Å². The Hall–Kier alpha value is -3.44. The zero-order valence-electron chi connectivity index (χ0n) is 37.6. The lowest BCUT2D eigenvalue weighted by Gasteiger charge is -2.45. The van der Waals surface area contributed by atoms with Crippen LogP contribution in [0.3, 0.4) is 0 Å². The van der Waals surface area contributed by atoms with Crippen molar-refractivity contribution in [3.05, 3.63) is 85.1 Å². The quantitative estimate of drug-likeness (QED) is 0.174. The van der Waals surface area contributed by atoms with Crippen LogP contribution in [0, 0.1) is 17.8 Å². The number of carbonyl (C=O) groups excluding carboxylic acids is 1. The highest BCUT2D eigenvalue weighted by Crippen LogP contribution is 2.38. The summed E-state index contributed by atoms with van der Waals surface area (Å²) in [6.07, 6.45) is 3.46. The van der Waals surface area contributed by atoms with Crippen molar-refractivity contribution in [2.75, 3.05) is 0 Å². The van der Waals surface area contributed by atoms with E-state index in [1.807, 2.05) is 19.1 Å².